The van der Waals surface area contributed by atoms with Gasteiger partial charge in [-0.1, -0.05) is 23.2 Å². The Morgan fingerprint density at radius 3 is 2.86 bits per heavy atom. The molecule has 2 aromatic rings. The number of benzene rings is 2. The van der Waals surface area contributed by atoms with Gasteiger partial charge in [0.1, 0.15) is 18.1 Å². The largest absolute Gasteiger partial charge is 0.487 e. The van der Waals surface area contributed by atoms with Crippen LogP contribution in [0.3, 0.4) is 0 Å². The third-order valence-corrected chi connectivity index (χ3v) is 3.71. The number of hydrogen-bond donors (Lipinski definition) is 0. The lowest BCUT2D eigenvalue weighted by Crippen LogP contribution is -2.14. The normalized spacial score (nSPS) is 13.0. The van der Waals surface area contributed by atoms with Crippen LogP contribution in [0.15, 0.2) is 30.3 Å². The monoisotopic (exact) mass is 335 g/mol. The van der Waals surface area contributed by atoms with Gasteiger partial charge in [-0.15, -0.1) is 0 Å². The number of hydrogen-bond acceptors (Lipinski definition) is 4. The molecule has 2 aromatic carbocycles. The molecule has 112 valence electrons. The van der Waals surface area contributed by atoms with Gasteiger partial charge in [-0.25, -0.2) is 0 Å². The van der Waals surface area contributed by atoms with Crippen LogP contribution in [-0.4, -0.2) is 6.79 Å². The number of halogens is 2. The zero-order valence-electron chi connectivity index (χ0n) is 11.4. The van der Waals surface area contributed by atoms with Gasteiger partial charge in [0, 0.05) is 16.1 Å². The molecular formula is C16H11Cl2NO3. The molecule has 0 N–H and O–H groups in total. The molecule has 6 heteroatoms. The van der Waals surface area contributed by atoms with Crippen molar-refractivity contribution in [1.29, 1.82) is 5.26 Å². The Balaban J connectivity index is 1.82. The maximum Gasteiger partial charge on any atom is 0.189 e. The number of nitriles is 1. The van der Waals surface area contributed by atoms with Crippen LogP contribution < -0.4 is 9.47 Å². The number of fused-ring (bicyclic) bond motifs is 1. The van der Waals surface area contributed by atoms with E-state index in [-0.39, 0.29) is 13.4 Å². The van der Waals surface area contributed by atoms with Crippen LogP contribution in [0, 0.1) is 11.3 Å². The predicted octanol–water partition coefficient (Wildman–Crippen LogP) is 4.31. The third kappa shape index (κ3) is 3.12. The Morgan fingerprint density at radius 2 is 2.09 bits per heavy atom. The SMILES string of the molecule is N#Cc1ccc(OCc2cc(Cl)cc3c2OCOC3)c(Cl)c1. The van der Waals surface area contributed by atoms with Gasteiger partial charge in [-0.3, -0.25) is 0 Å². The van der Waals surface area contributed by atoms with E-state index in [0.29, 0.717) is 28.0 Å². The van der Waals surface area contributed by atoms with Crippen LogP contribution >= 0.6 is 23.2 Å². The van der Waals surface area contributed by atoms with Crippen molar-refractivity contribution in [1.82, 2.24) is 0 Å². The minimum atomic E-state index is 0.208. The van der Waals surface area contributed by atoms with E-state index in [1.54, 1.807) is 24.3 Å². The standard InChI is InChI=1S/C16H11Cl2NO3/c17-13-4-11-7-20-9-22-16(11)12(5-13)8-21-15-2-1-10(6-19)3-14(15)18/h1-5H,7-9H2. The molecule has 0 atom stereocenters. The average molecular weight is 336 g/mol. The molecule has 4 nitrogen and oxygen atoms in total. The van der Waals surface area contributed by atoms with Crippen molar-refractivity contribution in [3.63, 3.8) is 0 Å². The highest BCUT2D eigenvalue weighted by molar-refractivity contribution is 6.32. The van der Waals surface area contributed by atoms with Crippen molar-refractivity contribution in [3.05, 3.63) is 57.1 Å². The highest BCUT2D eigenvalue weighted by Gasteiger charge is 2.17. The summed E-state index contributed by atoms with van der Waals surface area (Å²) in [5.74, 6) is 1.24. The molecule has 0 saturated carbocycles. The quantitative estimate of drug-likeness (QED) is 0.838. The number of rotatable bonds is 3. The van der Waals surface area contributed by atoms with Crippen LogP contribution in [0.1, 0.15) is 16.7 Å². The van der Waals surface area contributed by atoms with Crippen molar-refractivity contribution < 1.29 is 14.2 Å². The predicted molar refractivity (Wildman–Crippen MR) is 82.2 cm³/mol. The highest BCUT2D eigenvalue weighted by Crippen LogP contribution is 2.33. The van der Waals surface area contributed by atoms with Gasteiger partial charge in [0.15, 0.2) is 6.79 Å². The molecule has 0 amide bonds. The summed E-state index contributed by atoms with van der Waals surface area (Å²) in [7, 11) is 0. The molecule has 22 heavy (non-hydrogen) atoms. The summed E-state index contributed by atoms with van der Waals surface area (Å²) >= 11 is 12.2. The van der Waals surface area contributed by atoms with E-state index in [1.807, 2.05) is 12.1 Å². The molecule has 0 radical (unpaired) electrons. The summed E-state index contributed by atoms with van der Waals surface area (Å²) in [5.41, 5.74) is 2.20. The summed E-state index contributed by atoms with van der Waals surface area (Å²) in [5, 5.41) is 9.81. The zero-order chi connectivity index (χ0) is 15.5. The van der Waals surface area contributed by atoms with Crippen molar-refractivity contribution in [2.24, 2.45) is 0 Å². The van der Waals surface area contributed by atoms with Gasteiger partial charge in [0.25, 0.3) is 0 Å². The molecule has 0 aliphatic carbocycles. The van der Waals surface area contributed by atoms with Crippen LogP contribution in [-0.2, 0) is 18.0 Å². The van der Waals surface area contributed by atoms with E-state index < -0.39 is 0 Å². The lowest BCUT2D eigenvalue weighted by molar-refractivity contribution is -0.0175. The second-order valence-electron chi connectivity index (χ2n) is 4.71. The minimum Gasteiger partial charge on any atom is -0.487 e. The summed E-state index contributed by atoms with van der Waals surface area (Å²) in [6, 6.07) is 10.5. The Bertz CT molecular complexity index is 756. The Labute approximate surface area is 137 Å². The lowest BCUT2D eigenvalue weighted by Gasteiger charge is -2.21. The first kappa shape index (κ1) is 15.0. The van der Waals surface area contributed by atoms with E-state index in [0.717, 1.165) is 16.9 Å². The fraction of sp³-hybridized carbons (Fsp3) is 0.188. The molecule has 0 spiro atoms. The van der Waals surface area contributed by atoms with E-state index in [9.17, 15) is 0 Å². The van der Waals surface area contributed by atoms with E-state index in [4.69, 9.17) is 42.7 Å². The molecule has 0 saturated heterocycles. The first-order chi connectivity index (χ1) is 10.7. The van der Waals surface area contributed by atoms with Gasteiger partial charge in [-0.2, -0.15) is 5.26 Å². The lowest BCUT2D eigenvalue weighted by atomic mass is 10.1. The van der Waals surface area contributed by atoms with Gasteiger partial charge in [0.05, 0.1) is 23.3 Å². The topological polar surface area (TPSA) is 51.5 Å². The molecule has 0 bridgehead atoms. The average Bonchev–Trinajstić information content (AvgIpc) is 2.53. The Morgan fingerprint density at radius 1 is 1.23 bits per heavy atom. The first-order valence-electron chi connectivity index (χ1n) is 6.51. The van der Waals surface area contributed by atoms with Crippen molar-refractivity contribution in [2.75, 3.05) is 6.79 Å². The molecule has 0 fully saturated rings. The molecule has 1 heterocycles. The summed E-state index contributed by atoms with van der Waals surface area (Å²) in [6.45, 7) is 0.925. The van der Waals surface area contributed by atoms with Crippen molar-refractivity contribution in [2.45, 2.75) is 13.2 Å². The molecule has 0 aromatic heterocycles. The van der Waals surface area contributed by atoms with E-state index in [1.165, 1.54) is 0 Å². The maximum absolute atomic E-state index is 8.83. The van der Waals surface area contributed by atoms with Crippen LogP contribution in [0.4, 0.5) is 0 Å². The number of nitrogens with zero attached hydrogens (tertiary/aromatic N) is 1. The van der Waals surface area contributed by atoms with Gasteiger partial charge in [0.2, 0.25) is 0 Å². The van der Waals surface area contributed by atoms with Gasteiger partial charge >= 0.3 is 0 Å². The van der Waals surface area contributed by atoms with Crippen LogP contribution in [0.5, 0.6) is 11.5 Å². The summed E-state index contributed by atoms with van der Waals surface area (Å²) in [4.78, 5) is 0. The van der Waals surface area contributed by atoms with E-state index >= 15 is 0 Å². The van der Waals surface area contributed by atoms with Crippen LogP contribution in [0.25, 0.3) is 0 Å². The molecule has 1 aliphatic heterocycles. The van der Waals surface area contributed by atoms with Crippen LogP contribution in [0.2, 0.25) is 10.0 Å². The molecule has 1 aliphatic rings. The van der Waals surface area contributed by atoms with Crippen molar-refractivity contribution in [3.8, 4) is 17.6 Å². The second kappa shape index (κ2) is 6.45. The third-order valence-electron chi connectivity index (χ3n) is 3.20. The summed E-state index contributed by atoms with van der Waals surface area (Å²) in [6.07, 6.45) is 0. The van der Waals surface area contributed by atoms with Crippen molar-refractivity contribution >= 4 is 23.2 Å². The second-order valence-corrected chi connectivity index (χ2v) is 5.55. The smallest absolute Gasteiger partial charge is 0.189 e. The minimum absolute atomic E-state index is 0.208. The first-order valence-corrected chi connectivity index (χ1v) is 7.27. The van der Waals surface area contributed by atoms with Gasteiger partial charge < -0.3 is 14.2 Å². The Kier molecular flexibility index (Phi) is 4.39. The zero-order valence-corrected chi connectivity index (χ0v) is 12.9. The van der Waals surface area contributed by atoms with E-state index in [2.05, 4.69) is 0 Å². The fourth-order valence-electron chi connectivity index (χ4n) is 2.21. The fourth-order valence-corrected chi connectivity index (χ4v) is 2.71. The molecule has 3 rings (SSSR count). The Hall–Kier alpha value is -1.93. The maximum atomic E-state index is 8.83. The number of ether oxygens (including phenoxy) is 3. The molecular weight excluding hydrogens is 325 g/mol. The molecule has 0 unspecified atom stereocenters. The summed E-state index contributed by atoms with van der Waals surface area (Å²) < 4.78 is 16.5. The van der Waals surface area contributed by atoms with Gasteiger partial charge in [-0.05, 0) is 30.3 Å². The highest BCUT2D eigenvalue weighted by atomic mass is 35.5.